The number of hydrogen-bond donors (Lipinski definition) is 1. The summed E-state index contributed by atoms with van der Waals surface area (Å²) in [6.45, 7) is 0.545. The lowest BCUT2D eigenvalue weighted by molar-refractivity contribution is -0.761. The van der Waals surface area contributed by atoms with Gasteiger partial charge in [-0.15, -0.1) is 0 Å². The number of nitro groups is 1. The van der Waals surface area contributed by atoms with Gasteiger partial charge in [0.2, 0.25) is 0 Å². The van der Waals surface area contributed by atoms with Crippen molar-refractivity contribution in [1.82, 2.24) is 5.27 Å². The molecule has 0 atom stereocenters. The molecule has 0 unspecified atom stereocenters. The highest BCUT2D eigenvalue weighted by atomic mass is 16.6. The molecule has 0 aliphatic carbocycles. The van der Waals surface area contributed by atoms with E-state index in [9.17, 15) is 14.9 Å². The Morgan fingerprint density at radius 3 is 2.59 bits per heavy atom. The number of aromatic amines is 1. The zero-order valence-corrected chi connectivity index (χ0v) is 8.83. The van der Waals surface area contributed by atoms with E-state index in [4.69, 9.17) is 0 Å². The van der Waals surface area contributed by atoms with Gasteiger partial charge < -0.3 is 0 Å². The van der Waals surface area contributed by atoms with Crippen LogP contribution in [0.25, 0.3) is 0 Å². The Kier molecular flexibility index (Phi) is 2.99. The predicted octanol–water partition coefficient (Wildman–Crippen LogP) is 0.406. The molecular formula is C10H10N3O4+. The van der Waals surface area contributed by atoms with E-state index in [2.05, 4.69) is 9.79 Å². The number of rotatable bonds is 4. The fourth-order valence-corrected chi connectivity index (χ4v) is 1.43. The van der Waals surface area contributed by atoms with Crippen LogP contribution >= 0.6 is 0 Å². The van der Waals surface area contributed by atoms with E-state index >= 15 is 0 Å². The number of nitrogens with one attached hydrogen (secondary N) is 1. The standard InChI is InChI=1S/C10H9N3O4/c14-10-7-12(11-17-10)6-5-8-1-3-9(4-2-8)13(15)16/h1-4,7H,5-6H2/p+1. The Bertz CT molecular complexity index is 570. The third-order valence-electron chi connectivity index (χ3n) is 2.31. The van der Waals surface area contributed by atoms with Gasteiger partial charge in [0.1, 0.15) is 0 Å². The van der Waals surface area contributed by atoms with E-state index < -0.39 is 10.5 Å². The van der Waals surface area contributed by atoms with Gasteiger partial charge in [-0.2, -0.15) is 0 Å². The first-order valence-corrected chi connectivity index (χ1v) is 4.96. The number of hydrogen-bond acceptors (Lipinski definition) is 4. The van der Waals surface area contributed by atoms with Gasteiger partial charge in [-0.1, -0.05) is 16.8 Å². The molecule has 0 saturated heterocycles. The molecule has 0 amide bonds. The fourth-order valence-electron chi connectivity index (χ4n) is 1.43. The topological polar surface area (TPSA) is 93.0 Å². The van der Waals surface area contributed by atoms with Crippen molar-refractivity contribution in [2.24, 2.45) is 0 Å². The van der Waals surface area contributed by atoms with E-state index in [1.165, 1.54) is 23.0 Å². The second kappa shape index (κ2) is 4.60. The maximum absolute atomic E-state index is 10.7. The van der Waals surface area contributed by atoms with Gasteiger partial charge in [0.15, 0.2) is 6.54 Å². The quantitative estimate of drug-likeness (QED) is 0.472. The lowest BCUT2D eigenvalue weighted by Crippen LogP contribution is -2.36. The molecule has 0 spiro atoms. The van der Waals surface area contributed by atoms with E-state index in [0.717, 1.165) is 5.56 Å². The minimum Gasteiger partial charge on any atom is -0.284 e. The molecule has 2 rings (SSSR count). The van der Waals surface area contributed by atoms with Crippen molar-refractivity contribution in [2.75, 3.05) is 0 Å². The molecule has 1 aromatic carbocycles. The number of benzene rings is 1. The summed E-state index contributed by atoms with van der Waals surface area (Å²) in [5, 5.41) is 12.9. The second-order valence-electron chi connectivity index (χ2n) is 3.51. The molecule has 7 heteroatoms. The van der Waals surface area contributed by atoms with E-state index in [0.29, 0.717) is 13.0 Å². The minimum absolute atomic E-state index is 0.0677. The maximum Gasteiger partial charge on any atom is 0.426 e. The Hall–Kier alpha value is -2.44. The van der Waals surface area contributed by atoms with Crippen LogP contribution in [-0.4, -0.2) is 10.2 Å². The zero-order chi connectivity index (χ0) is 12.3. The lowest BCUT2D eigenvalue weighted by Gasteiger charge is -1.96. The summed E-state index contributed by atoms with van der Waals surface area (Å²) in [7, 11) is 0. The first-order valence-electron chi connectivity index (χ1n) is 4.96. The Morgan fingerprint density at radius 2 is 2.06 bits per heavy atom. The number of non-ortho nitro benzene ring substituents is 1. The lowest BCUT2D eigenvalue weighted by atomic mass is 10.1. The smallest absolute Gasteiger partial charge is 0.284 e. The summed E-state index contributed by atoms with van der Waals surface area (Å²) in [5.41, 5.74) is 0.581. The predicted molar refractivity (Wildman–Crippen MR) is 56.3 cm³/mol. The largest absolute Gasteiger partial charge is 0.426 e. The van der Waals surface area contributed by atoms with Crippen molar-refractivity contribution in [3.8, 4) is 0 Å². The van der Waals surface area contributed by atoms with Crippen molar-refractivity contribution < 1.29 is 14.1 Å². The average molecular weight is 236 g/mol. The van der Waals surface area contributed by atoms with E-state index in [1.54, 1.807) is 12.1 Å². The second-order valence-corrected chi connectivity index (χ2v) is 3.51. The maximum atomic E-state index is 10.7. The molecule has 1 aromatic heterocycles. The Labute approximate surface area is 95.4 Å². The molecule has 1 heterocycles. The van der Waals surface area contributed by atoms with Crippen molar-refractivity contribution in [1.29, 1.82) is 0 Å². The molecule has 0 fully saturated rings. The fraction of sp³-hybridized carbons (Fsp3) is 0.200. The highest BCUT2D eigenvalue weighted by Gasteiger charge is 2.08. The summed E-state index contributed by atoms with van der Waals surface area (Å²) in [6, 6.07) is 6.30. The van der Waals surface area contributed by atoms with Crippen molar-refractivity contribution in [2.45, 2.75) is 13.0 Å². The zero-order valence-electron chi connectivity index (χ0n) is 8.83. The van der Waals surface area contributed by atoms with Crippen molar-refractivity contribution in [3.63, 3.8) is 0 Å². The van der Waals surface area contributed by atoms with Crippen LogP contribution in [-0.2, 0) is 13.0 Å². The number of nitrogens with zero attached hydrogens (tertiary/aromatic N) is 2. The van der Waals surface area contributed by atoms with Crippen LogP contribution in [0.4, 0.5) is 5.69 Å². The van der Waals surface area contributed by atoms with Crippen molar-refractivity contribution in [3.05, 3.63) is 56.6 Å². The molecule has 0 saturated carbocycles. The van der Waals surface area contributed by atoms with Gasteiger partial charge in [-0.3, -0.25) is 14.6 Å². The monoisotopic (exact) mass is 236 g/mol. The van der Waals surface area contributed by atoms with Gasteiger partial charge in [0.05, 0.1) is 4.92 Å². The number of aromatic nitrogens is 2. The van der Waals surface area contributed by atoms with E-state index in [1.807, 2.05) is 0 Å². The summed E-state index contributed by atoms with van der Waals surface area (Å²) in [6.07, 6.45) is 1.96. The third kappa shape index (κ3) is 2.77. The van der Waals surface area contributed by atoms with E-state index in [-0.39, 0.29) is 5.69 Å². The third-order valence-corrected chi connectivity index (χ3v) is 2.31. The first kappa shape index (κ1) is 11.1. The summed E-state index contributed by atoms with van der Waals surface area (Å²) in [5.74, 6) is 0. The SMILES string of the molecule is O=c1c[n+](CCc2ccc([N+](=O)[O-])cc2)[nH]o1. The molecule has 88 valence electrons. The molecule has 17 heavy (non-hydrogen) atoms. The highest BCUT2D eigenvalue weighted by Crippen LogP contribution is 2.11. The molecule has 1 N–H and O–H groups in total. The first-order chi connectivity index (χ1) is 8.15. The van der Waals surface area contributed by atoms with Crippen LogP contribution in [0.1, 0.15) is 5.56 Å². The van der Waals surface area contributed by atoms with Gasteiger partial charge in [-0.25, -0.2) is 4.79 Å². The number of aryl methyl sites for hydroxylation is 2. The van der Waals surface area contributed by atoms with Crippen LogP contribution in [0.5, 0.6) is 0 Å². The molecule has 2 aromatic rings. The van der Waals surface area contributed by atoms with Crippen LogP contribution in [0.15, 0.2) is 39.8 Å². The van der Waals surface area contributed by atoms with Crippen LogP contribution in [0.3, 0.4) is 0 Å². The summed E-state index contributed by atoms with van der Waals surface area (Å²) >= 11 is 0. The molecule has 0 radical (unpaired) electrons. The molecule has 7 nitrogen and oxygen atoms in total. The molecule has 0 aliphatic heterocycles. The highest BCUT2D eigenvalue weighted by molar-refractivity contribution is 5.32. The number of H-pyrrole nitrogens is 1. The van der Waals surface area contributed by atoms with Crippen LogP contribution in [0, 0.1) is 10.1 Å². The van der Waals surface area contributed by atoms with Gasteiger partial charge in [-0.05, 0) is 10.8 Å². The van der Waals surface area contributed by atoms with Gasteiger partial charge in [0, 0.05) is 18.6 Å². The van der Waals surface area contributed by atoms with Crippen molar-refractivity contribution >= 4 is 5.69 Å². The molecular weight excluding hydrogens is 226 g/mol. The van der Waals surface area contributed by atoms with Gasteiger partial charge in [0.25, 0.3) is 11.9 Å². The van der Waals surface area contributed by atoms with Crippen LogP contribution in [0.2, 0.25) is 0 Å². The average Bonchev–Trinajstić information content (AvgIpc) is 2.73. The normalized spacial score (nSPS) is 10.4. The summed E-state index contributed by atoms with van der Waals surface area (Å²) in [4.78, 5) is 20.7. The number of nitro benzene ring substituents is 1. The molecule has 0 aliphatic rings. The molecule has 0 bridgehead atoms. The van der Waals surface area contributed by atoms with Gasteiger partial charge >= 0.3 is 5.63 Å². The summed E-state index contributed by atoms with van der Waals surface area (Å²) < 4.78 is 6.01. The van der Waals surface area contributed by atoms with Crippen LogP contribution < -0.4 is 10.3 Å². The Balaban J connectivity index is 2.00. The Morgan fingerprint density at radius 1 is 1.35 bits per heavy atom. The minimum atomic E-state index is -0.438.